The van der Waals surface area contributed by atoms with E-state index in [2.05, 4.69) is 15.5 Å². The Kier molecular flexibility index (Phi) is 10.0. The van der Waals surface area contributed by atoms with Crippen molar-refractivity contribution >= 4 is 35.6 Å². The highest BCUT2D eigenvalue weighted by Crippen LogP contribution is 2.13. The van der Waals surface area contributed by atoms with Gasteiger partial charge in [-0.1, -0.05) is 30.3 Å². The van der Waals surface area contributed by atoms with Crippen molar-refractivity contribution in [3.8, 4) is 0 Å². The zero-order chi connectivity index (χ0) is 21.9. The van der Waals surface area contributed by atoms with Crippen molar-refractivity contribution in [3.63, 3.8) is 0 Å². The highest BCUT2D eigenvalue weighted by molar-refractivity contribution is 7.98. The number of benzene rings is 1. The minimum atomic E-state index is -1.12. The number of rotatable bonds is 7. The van der Waals surface area contributed by atoms with Gasteiger partial charge in [0.25, 0.3) is 5.91 Å². The molecule has 9 nitrogen and oxygen atoms in total. The predicted molar refractivity (Wildman–Crippen MR) is 109 cm³/mol. The largest absolute Gasteiger partial charge is 0.459 e. The lowest BCUT2D eigenvalue weighted by molar-refractivity contribution is -0.155. The molecule has 0 saturated heterocycles. The standard InChI is InChI=1S/C19H27N3O6S/c1-5-27-17(25)16(24)22-21-15(23)14(20-18(26)28-19(2,3)4)12-29-11-13-9-7-6-8-10-13/h6-10,14H,5,11-12H2,1-4H3,(H,20,26)(H,21,23)(H,22,24)/t14-/m0/s1. The van der Waals surface area contributed by atoms with Crippen LogP contribution in [0.25, 0.3) is 0 Å². The van der Waals surface area contributed by atoms with Crippen LogP contribution in [-0.4, -0.2) is 47.9 Å². The van der Waals surface area contributed by atoms with Gasteiger partial charge in [-0.25, -0.2) is 9.59 Å². The monoisotopic (exact) mass is 425 g/mol. The maximum Gasteiger partial charge on any atom is 0.408 e. The molecule has 3 N–H and O–H groups in total. The minimum Gasteiger partial charge on any atom is -0.459 e. The molecule has 0 aromatic heterocycles. The van der Waals surface area contributed by atoms with Crippen molar-refractivity contribution in [2.45, 2.75) is 45.1 Å². The van der Waals surface area contributed by atoms with Gasteiger partial charge in [0.1, 0.15) is 11.6 Å². The number of hydrogen-bond donors (Lipinski definition) is 3. The van der Waals surface area contributed by atoms with Gasteiger partial charge in [-0.2, -0.15) is 11.8 Å². The smallest absolute Gasteiger partial charge is 0.408 e. The van der Waals surface area contributed by atoms with Crippen LogP contribution in [0.5, 0.6) is 0 Å². The van der Waals surface area contributed by atoms with Gasteiger partial charge in [-0.3, -0.25) is 20.4 Å². The fourth-order valence-corrected chi connectivity index (χ4v) is 2.97. The highest BCUT2D eigenvalue weighted by Gasteiger charge is 2.25. The molecule has 29 heavy (non-hydrogen) atoms. The van der Waals surface area contributed by atoms with Gasteiger partial charge in [0, 0.05) is 11.5 Å². The molecule has 0 aliphatic heterocycles. The van der Waals surface area contributed by atoms with Gasteiger partial charge in [0.15, 0.2) is 0 Å². The lowest BCUT2D eigenvalue weighted by Gasteiger charge is -2.23. The second kappa shape index (κ2) is 11.9. The number of hydrogen-bond acceptors (Lipinski definition) is 7. The summed E-state index contributed by atoms with van der Waals surface area (Å²) in [6.45, 7) is 6.68. The van der Waals surface area contributed by atoms with Crippen LogP contribution in [0.1, 0.15) is 33.3 Å². The number of carbonyl (C=O) groups is 4. The number of hydrazine groups is 1. The SMILES string of the molecule is CCOC(=O)C(=O)NNC(=O)[C@H](CSCc1ccccc1)NC(=O)OC(C)(C)C. The van der Waals surface area contributed by atoms with Gasteiger partial charge in [-0.05, 0) is 33.3 Å². The minimum absolute atomic E-state index is 0.0269. The first kappa shape index (κ1) is 24.3. The lowest BCUT2D eigenvalue weighted by Crippen LogP contribution is -2.55. The van der Waals surface area contributed by atoms with Crippen molar-refractivity contribution in [2.75, 3.05) is 12.4 Å². The molecule has 1 atom stereocenters. The van der Waals surface area contributed by atoms with Crippen LogP contribution in [0.4, 0.5) is 4.79 Å². The summed E-state index contributed by atoms with van der Waals surface area (Å²) in [6.07, 6.45) is -0.769. The summed E-state index contributed by atoms with van der Waals surface area (Å²) in [5, 5.41) is 2.48. The van der Waals surface area contributed by atoms with Crippen LogP contribution in [0.15, 0.2) is 30.3 Å². The molecule has 0 unspecified atom stereocenters. The molecule has 1 aromatic rings. The molecule has 0 spiro atoms. The van der Waals surface area contributed by atoms with Crippen molar-refractivity contribution < 1.29 is 28.7 Å². The number of ether oxygens (including phenoxy) is 2. The van der Waals surface area contributed by atoms with E-state index in [1.165, 1.54) is 11.8 Å². The third-order valence-electron chi connectivity index (χ3n) is 3.16. The van der Waals surface area contributed by atoms with Gasteiger partial charge in [0.05, 0.1) is 6.61 Å². The summed E-state index contributed by atoms with van der Waals surface area (Å²) in [5.74, 6) is -2.10. The van der Waals surface area contributed by atoms with Crippen LogP contribution in [0.2, 0.25) is 0 Å². The van der Waals surface area contributed by atoms with E-state index in [9.17, 15) is 19.2 Å². The summed E-state index contributed by atoms with van der Waals surface area (Å²) in [5.41, 5.74) is 4.40. The fourth-order valence-electron chi connectivity index (χ4n) is 1.95. The summed E-state index contributed by atoms with van der Waals surface area (Å²) in [6, 6.07) is 8.61. The third kappa shape index (κ3) is 10.4. The van der Waals surface area contributed by atoms with E-state index in [0.717, 1.165) is 5.56 Å². The normalized spacial score (nSPS) is 11.7. The average Bonchev–Trinajstić information content (AvgIpc) is 2.64. The van der Waals surface area contributed by atoms with Crippen LogP contribution in [0, 0.1) is 0 Å². The second-order valence-electron chi connectivity index (χ2n) is 6.86. The molecule has 10 heteroatoms. The summed E-state index contributed by atoms with van der Waals surface area (Å²) in [7, 11) is 0. The van der Waals surface area contributed by atoms with Gasteiger partial charge in [0.2, 0.25) is 0 Å². The van der Waals surface area contributed by atoms with E-state index in [-0.39, 0.29) is 12.4 Å². The number of esters is 1. The number of alkyl carbamates (subject to hydrolysis) is 1. The highest BCUT2D eigenvalue weighted by atomic mass is 32.2. The van der Waals surface area contributed by atoms with E-state index in [4.69, 9.17) is 4.74 Å². The zero-order valence-electron chi connectivity index (χ0n) is 16.9. The molecule has 0 aliphatic carbocycles. The molecule has 160 valence electrons. The maximum absolute atomic E-state index is 12.4. The topological polar surface area (TPSA) is 123 Å². The van der Waals surface area contributed by atoms with Crippen LogP contribution < -0.4 is 16.2 Å². The molecular weight excluding hydrogens is 398 g/mol. The molecule has 0 heterocycles. The molecule has 0 saturated carbocycles. The van der Waals surface area contributed by atoms with Crippen molar-refractivity contribution in [1.82, 2.24) is 16.2 Å². The molecule has 0 radical (unpaired) electrons. The Hall–Kier alpha value is -2.75. The van der Waals surface area contributed by atoms with E-state index >= 15 is 0 Å². The number of amides is 3. The van der Waals surface area contributed by atoms with Crippen molar-refractivity contribution in [2.24, 2.45) is 0 Å². The summed E-state index contributed by atoms with van der Waals surface area (Å²) >= 11 is 1.42. The molecular formula is C19H27N3O6S. The Bertz CT molecular complexity index is 706. The Morgan fingerprint density at radius 2 is 1.72 bits per heavy atom. The van der Waals surface area contributed by atoms with E-state index < -0.39 is 35.5 Å². The van der Waals surface area contributed by atoms with Crippen molar-refractivity contribution in [3.05, 3.63) is 35.9 Å². The number of nitrogens with one attached hydrogen (secondary N) is 3. The van der Waals surface area contributed by atoms with Crippen LogP contribution >= 0.6 is 11.8 Å². The Morgan fingerprint density at radius 1 is 1.07 bits per heavy atom. The summed E-state index contributed by atoms with van der Waals surface area (Å²) in [4.78, 5) is 47.3. The number of thioether (sulfide) groups is 1. The van der Waals surface area contributed by atoms with Gasteiger partial charge >= 0.3 is 18.0 Å². The van der Waals surface area contributed by atoms with Crippen LogP contribution in [0.3, 0.4) is 0 Å². The first-order valence-corrected chi connectivity index (χ1v) is 10.2. The van der Waals surface area contributed by atoms with Gasteiger partial charge < -0.3 is 14.8 Å². The molecule has 0 bridgehead atoms. The maximum atomic E-state index is 12.4. The Labute approximate surface area is 174 Å². The van der Waals surface area contributed by atoms with Gasteiger partial charge in [-0.15, -0.1) is 0 Å². The Morgan fingerprint density at radius 3 is 2.31 bits per heavy atom. The second-order valence-corrected chi connectivity index (χ2v) is 7.89. The summed E-state index contributed by atoms with van der Waals surface area (Å²) < 4.78 is 9.71. The molecule has 0 fully saturated rings. The van der Waals surface area contributed by atoms with E-state index in [1.54, 1.807) is 27.7 Å². The van der Waals surface area contributed by atoms with Crippen LogP contribution in [-0.2, 0) is 29.6 Å². The third-order valence-corrected chi connectivity index (χ3v) is 4.27. The molecule has 1 aromatic carbocycles. The first-order chi connectivity index (χ1) is 13.6. The Balaban J connectivity index is 2.66. The average molecular weight is 426 g/mol. The predicted octanol–water partition coefficient (Wildman–Crippen LogP) is 1.52. The zero-order valence-corrected chi connectivity index (χ0v) is 17.8. The molecule has 1 rings (SSSR count). The first-order valence-electron chi connectivity index (χ1n) is 9.00. The quantitative estimate of drug-likeness (QED) is 0.344. The molecule has 0 aliphatic rings. The molecule has 3 amide bonds. The fraction of sp³-hybridized carbons (Fsp3) is 0.474. The van der Waals surface area contributed by atoms with E-state index in [0.29, 0.717) is 5.75 Å². The van der Waals surface area contributed by atoms with Crippen molar-refractivity contribution in [1.29, 1.82) is 0 Å². The van der Waals surface area contributed by atoms with E-state index in [1.807, 2.05) is 35.8 Å². The number of carbonyl (C=O) groups excluding carboxylic acids is 4. The lowest BCUT2D eigenvalue weighted by atomic mass is 10.2.